The van der Waals surface area contributed by atoms with Crippen molar-refractivity contribution in [3.05, 3.63) is 29.3 Å². The molecule has 1 unspecified atom stereocenters. The third kappa shape index (κ3) is 2.33. The van der Waals surface area contributed by atoms with Crippen LogP contribution in [0.15, 0.2) is 18.2 Å². The minimum atomic E-state index is 0.117. The molecule has 18 heavy (non-hydrogen) atoms. The van der Waals surface area contributed by atoms with Crippen LogP contribution in [0.25, 0.3) is 0 Å². The van der Waals surface area contributed by atoms with Crippen molar-refractivity contribution in [2.45, 2.75) is 43.4 Å². The van der Waals surface area contributed by atoms with Gasteiger partial charge in [0.1, 0.15) is 0 Å². The SMILES string of the molecule is O=C1Cc2cc(C(Br)C3CCCCC3)ccc2N1. The number of amides is 1. The third-order valence-electron chi connectivity index (χ3n) is 4.14. The predicted molar refractivity (Wildman–Crippen MR) is 77.0 cm³/mol. The maximum atomic E-state index is 11.4. The summed E-state index contributed by atoms with van der Waals surface area (Å²) in [6, 6.07) is 6.40. The molecule has 1 amide bonds. The maximum absolute atomic E-state index is 11.4. The highest BCUT2D eigenvalue weighted by Gasteiger charge is 2.25. The van der Waals surface area contributed by atoms with E-state index in [1.165, 1.54) is 37.7 Å². The van der Waals surface area contributed by atoms with Gasteiger partial charge in [-0.25, -0.2) is 0 Å². The zero-order valence-electron chi connectivity index (χ0n) is 10.4. The topological polar surface area (TPSA) is 29.1 Å². The fraction of sp³-hybridized carbons (Fsp3) is 0.533. The Balaban J connectivity index is 1.80. The number of carbonyl (C=O) groups excluding carboxylic acids is 1. The summed E-state index contributed by atoms with van der Waals surface area (Å²) < 4.78 is 0. The second-order valence-electron chi connectivity index (χ2n) is 5.44. The van der Waals surface area contributed by atoms with Gasteiger partial charge in [0.05, 0.1) is 6.42 Å². The lowest BCUT2D eigenvalue weighted by Gasteiger charge is -2.26. The van der Waals surface area contributed by atoms with Crippen LogP contribution in [0.4, 0.5) is 5.69 Å². The molecule has 1 aliphatic heterocycles. The van der Waals surface area contributed by atoms with Gasteiger partial charge < -0.3 is 5.32 Å². The molecule has 1 aromatic carbocycles. The summed E-state index contributed by atoms with van der Waals surface area (Å²) in [6.45, 7) is 0. The Morgan fingerprint density at radius 3 is 2.78 bits per heavy atom. The first kappa shape index (κ1) is 12.2. The first-order chi connectivity index (χ1) is 8.74. The number of alkyl halides is 1. The van der Waals surface area contributed by atoms with E-state index in [1.807, 2.05) is 6.07 Å². The predicted octanol–water partition coefficient (Wildman–Crippen LogP) is 4.20. The highest BCUT2D eigenvalue weighted by Crippen LogP contribution is 2.41. The highest BCUT2D eigenvalue weighted by atomic mass is 79.9. The van der Waals surface area contributed by atoms with Crippen molar-refractivity contribution in [1.29, 1.82) is 0 Å². The molecule has 0 spiro atoms. The van der Waals surface area contributed by atoms with Gasteiger partial charge in [-0.1, -0.05) is 47.3 Å². The van der Waals surface area contributed by atoms with Gasteiger partial charge in [-0.3, -0.25) is 4.79 Å². The van der Waals surface area contributed by atoms with E-state index in [9.17, 15) is 4.79 Å². The first-order valence-electron chi connectivity index (χ1n) is 6.81. The Morgan fingerprint density at radius 1 is 1.22 bits per heavy atom. The Morgan fingerprint density at radius 2 is 2.00 bits per heavy atom. The lowest BCUT2D eigenvalue weighted by Crippen LogP contribution is -2.12. The summed E-state index contributed by atoms with van der Waals surface area (Å²) in [4.78, 5) is 11.8. The van der Waals surface area contributed by atoms with Gasteiger partial charge in [-0.05, 0) is 36.0 Å². The van der Waals surface area contributed by atoms with E-state index in [2.05, 4.69) is 33.4 Å². The van der Waals surface area contributed by atoms with Gasteiger partial charge in [-0.2, -0.15) is 0 Å². The number of halogens is 1. The highest BCUT2D eigenvalue weighted by molar-refractivity contribution is 9.09. The zero-order valence-corrected chi connectivity index (χ0v) is 12.0. The van der Waals surface area contributed by atoms with E-state index in [4.69, 9.17) is 0 Å². The standard InChI is InChI=1S/C15H18BrNO/c16-15(10-4-2-1-3-5-10)11-6-7-13-12(8-11)9-14(18)17-13/h6-8,10,15H,1-5,9H2,(H,17,18). The normalized spacial score (nSPS) is 21.5. The molecule has 1 aromatic rings. The second-order valence-corrected chi connectivity index (χ2v) is 6.43. The second kappa shape index (κ2) is 5.04. The monoisotopic (exact) mass is 307 g/mol. The molecule has 3 rings (SSSR count). The van der Waals surface area contributed by atoms with E-state index in [0.717, 1.165) is 17.2 Å². The third-order valence-corrected chi connectivity index (χ3v) is 5.41. The molecule has 2 aliphatic rings. The molecule has 1 fully saturated rings. The quantitative estimate of drug-likeness (QED) is 0.815. The molecule has 0 bridgehead atoms. The Kier molecular flexibility index (Phi) is 3.42. The van der Waals surface area contributed by atoms with Crippen molar-refractivity contribution < 1.29 is 4.79 Å². The van der Waals surface area contributed by atoms with Gasteiger partial charge in [0.25, 0.3) is 0 Å². The van der Waals surface area contributed by atoms with Crippen LogP contribution in [0.3, 0.4) is 0 Å². The number of rotatable bonds is 2. The number of hydrogen-bond donors (Lipinski definition) is 1. The molecule has 0 saturated heterocycles. The van der Waals surface area contributed by atoms with E-state index >= 15 is 0 Å². The molecule has 96 valence electrons. The summed E-state index contributed by atoms with van der Waals surface area (Å²) in [5, 5.41) is 2.89. The van der Waals surface area contributed by atoms with E-state index in [0.29, 0.717) is 11.2 Å². The van der Waals surface area contributed by atoms with Gasteiger partial charge in [0.2, 0.25) is 5.91 Å². The van der Waals surface area contributed by atoms with Crippen molar-refractivity contribution in [2.75, 3.05) is 5.32 Å². The molecule has 1 saturated carbocycles. The van der Waals surface area contributed by atoms with Crippen molar-refractivity contribution in [3.63, 3.8) is 0 Å². The number of carbonyl (C=O) groups is 1. The van der Waals surface area contributed by atoms with Gasteiger partial charge in [-0.15, -0.1) is 0 Å². The smallest absolute Gasteiger partial charge is 0.228 e. The lowest BCUT2D eigenvalue weighted by atomic mass is 9.84. The largest absolute Gasteiger partial charge is 0.326 e. The summed E-state index contributed by atoms with van der Waals surface area (Å²) in [5.41, 5.74) is 3.47. The average molecular weight is 308 g/mol. The van der Waals surface area contributed by atoms with Gasteiger partial charge in [0.15, 0.2) is 0 Å². The Labute approximate surface area is 116 Å². The van der Waals surface area contributed by atoms with Crippen LogP contribution in [-0.4, -0.2) is 5.91 Å². The van der Waals surface area contributed by atoms with E-state index < -0.39 is 0 Å². The summed E-state index contributed by atoms with van der Waals surface area (Å²) in [5.74, 6) is 0.868. The van der Waals surface area contributed by atoms with Crippen LogP contribution in [-0.2, 0) is 11.2 Å². The fourth-order valence-corrected chi connectivity index (χ4v) is 3.93. The molecule has 1 heterocycles. The molecule has 2 nitrogen and oxygen atoms in total. The van der Waals surface area contributed by atoms with Crippen LogP contribution in [0.5, 0.6) is 0 Å². The maximum Gasteiger partial charge on any atom is 0.228 e. The van der Waals surface area contributed by atoms with Crippen LogP contribution in [0.2, 0.25) is 0 Å². The van der Waals surface area contributed by atoms with Crippen molar-refractivity contribution in [1.82, 2.24) is 0 Å². The Bertz CT molecular complexity index is 466. The summed E-state index contributed by atoms with van der Waals surface area (Å²) in [7, 11) is 0. The fourth-order valence-electron chi connectivity index (χ4n) is 3.12. The molecular weight excluding hydrogens is 290 g/mol. The molecule has 1 N–H and O–H groups in total. The molecule has 1 atom stereocenters. The van der Waals surface area contributed by atoms with Crippen molar-refractivity contribution >= 4 is 27.5 Å². The molecule has 0 aromatic heterocycles. The van der Waals surface area contributed by atoms with Crippen LogP contribution in [0, 0.1) is 5.92 Å². The number of fused-ring (bicyclic) bond motifs is 1. The minimum absolute atomic E-state index is 0.117. The lowest BCUT2D eigenvalue weighted by molar-refractivity contribution is -0.115. The summed E-state index contributed by atoms with van der Waals surface area (Å²) >= 11 is 3.87. The minimum Gasteiger partial charge on any atom is -0.326 e. The van der Waals surface area contributed by atoms with Crippen molar-refractivity contribution in [2.24, 2.45) is 5.92 Å². The van der Waals surface area contributed by atoms with Crippen LogP contribution >= 0.6 is 15.9 Å². The van der Waals surface area contributed by atoms with Crippen LogP contribution in [0.1, 0.15) is 48.1 Å². The van der Waals surface area contributed by atoms with Crippen LogP contribution < -0.4 is 5.32 Å². The summed E-state index contributed by atoms with van der Waals surface area (Å²) in [6.07, 6.45) is 7.29. The Hall–Kier alpha value is -0.830. The number of anilines is 1. The first-order valence-corrected chi connectivity index (χ1v) is 7.72. The molecule has 1 aliphatic carbocycles. The zero-order chi connectivity index (χ0) is 12.5. The number of hydrogen-bond acceptors (Lipinski definition) is 1. The number of benzene rings is 1. The molecule has 3 heteroatoms. The van der Waals surface area contributed by atoms with E-state index in [1.54, 1.807) is 0 Å². The average Bonchev–Trinajstić information content (AvgIpc) is 2.78. The van der Waals surface area contributed by atoms with Gasteiger partial charge >= 0.3 is 0 Å². The molecule has 0 radical (unpaired) electrons. The van der Waals surface area contributed by atoms with E-state index in [-0.39, 0.29) is 5.91 Å². The molecular formula is C15H18BrNO. The van der Waals surface area contributed by atoms with Crippen molar-refractivity contribution in [3.8, 4) is 0 Å². The number of nitrogens with one attached hydrogen (secondary N) is 1. The van der Waals surface area contributed by atoms with Gasteiger partial charge in [0, 0.05) is 10.5 Å².